The Morgan fingerprint density at radius 1 is 1.43 bits per heavy atom. The molecule has 1 aromatic heterocycles. The van der Waals surface area contributed by atoms with E-state index >= 15 is 0 Å². The van der Waals surface area contributed by atoms with Gasteiger partial charge in [-0.15, -0.1) is 23.7 Å². The highest BCUT2D eigenvalue weighted by Gasteiger charge is 2.32. The first-order chi connectivity index (χ1) is 9.56. The molecule has 1 fully saturated rings. The van der Waals surface area contributed by atoms with Gasteiger partial charge in [0, 0.05) is 18.0 Å². The summed E-state index contributed by atoms with van der Waals surface area (Å²) in [4.78, 5) is 27.1. The molecule has 6 heteroatoms. The van der Waals surface area contributed by atoms with E-state index in [9.17, 15) is 9.59 Å². The molecule has 1 aliphatic rings. The lowest BCUT2D eigenvalue weighted by Gasteiger charge is -2.14. The Labute approximate surface area is 135 Å². The molecular weight excluding hydrogens is 310 g/mol. The predicted octanol–water partition coefficient (Wildman–Crippen LogP) is 3.23. The van der Waals surface area contributed by atoms with E-state index in [0.29, 0.717) is 19.5 Å². The molecule has 0 radical (unpaired) electrons. The molecule has 0 aromatic carbocycles. The molecule has 1 aromatic rings. The molecule has 118 valence electrons. The van der Waals surface area contributed by atoms with E-state index in [1.165, 1.54) is 10.4 Å². The minimum absolute atomic E-state index is 0. The van der Waals surface area contributed by atoms with Crippen molar-refractivity contribution in [1.29, 1.82) is 0 Å². The van der Waals surface area contributed by atoms with Crippen LogP contribution in [0.15, 0.2) is 6.07 Å². The van der Waals surface area contributed by atoms with Crippen LogP contribution < -0.4 is 0 Å². The second-order valence-corrected chi connectivity index (χ2v) is 6.37. The number of hydrogen-bond donors (Lipinski definition) is 1. The molecule has 0 bridgehead atoms. The molecule has 1 saturated heterocycles. The third-order valence-electron chi connectivity index (χ3n) is 3.79. The SMILES string of the molecule is CCCc1sc(C(=O)N2CCC(C(=O)O)C2)cc1CC.Cl. The number of carboxylic acid groups (broad SMARTS) is 1. The Bertz CT molecular complexity index is 515. The zero-order valence-electron chi connectivity index (χ0n) is 12.4. The van der Waals surface area contributed by atoms with E-state index in [0.717, 1.165) is 24.1 Å². The Balaban J connectivity index is 0.00000220. The maximum atomic E-state index is 12.4. The summed E-state index contributed by atoms with van der Waals surface area (Å²) >= 11 is 1.57. The van der Waals surface area contributed by atoms with Gasteiger partial charge in [0.2, 0.25) is 0 Å². The number of carbonyl (C=O) groups is 2. The quantitative estimate of drug-likeness (QED) is 0.901. The van der Waals surface area contributed by atoms with Crippen molar-refractivity contribution in [3.05, 3.63) is 21.4 Å². The Morgan fingerprint density at radius 3 is 2.67 bits per heavy atom. The summed E-state index contributed by atoms with van der Waals surface area (Å²) in [5.41, 5.74) is 1.26. The zero-order valence-corrected chi connectivity index (χ0v) is 14.1. The van der Waals surface area contributed by atoms with Gasteiger partial charge in [-0.2, -0.15) is 0 Å². The highest BCUT2D eigenvalue weighted by molar-refractivity contribution is 7.14. The number of rotatable bonds is 5. The highest BCUT2D eigenvalue weighted by atomic mass is 35.5. The molecule has 1 amide bonds. The van der Waals surface area contributed by atoms with E-state index in [1.54, 1.807) is 16.2 Å². The van der Waals surface area contributed by atoms with Crippen molar-refractivity contribution in [2.24, 2.45) is 5.92 Å². The summed E-state index contributed by atoms with van der Waals surface area (Å²) < 4.78 is 0. The summed E-state index contributed by atoms with van der Waals surface area (Å²) in [6, 6.07) is 1.99. The topological polar surface area (TPSA) is 57.6 Å². The third kappa shape index (κ3) is 3.98. The monoisotopic (exact) mass is 331 g/mol. The van der Waals surface area contributed by atoms with Crippen molar-refractivity contribution >= 4 is 35.6 Å². The average molecular weight is 332 g/mol. The van der Waals surface area contributed by atoms with Crippen molar-refractivity contribution in [2.45, 2.75) is 39.5 Å². The van der Waals surface area contributed by atoms with E-state index in [4.69, 9.17) is 5.11 Å². The number of aliphatic carboxylic acids is 1. The van der Waals surface area contributed by atoms with Gasteiger partial charge in [0.15, 0.2) is 0 Å². The number of amides is 1. The van der Waals surface area contributed by atoms with Crippen LogP contribution >= 0.6 is 23.7 Å². The van der Waals surface area contributed by atoms with E-state index in [-0.39, 0.29) is 18.3 Å². The van der Waals surface area contributed by atoms with E-state index < -0.39 is 11.9 Å². The first kappa shape index (κ1) is 18.0. The van der Waals surface area contributed by atoms with Crippen molar-refractivity contribution < 1.29 is 14.7 Å². The molecule has 1 aliphatic heterocycles. The molecule has 21 heavy (non-hydrogen) atoms. The van der Waals surface area contributed by atoms with Gasteiger partial charge in [-0.1, -0.05) is 20.3 Å². The first-order valence-corrected chi connectivity index (χ1v) is 8.02. The van der Waals surface area contributed by atoms with Crippen molar-refractivity contribution in [2.75, 3.05) is 13.1 Å². The Kier molecular flexibility index (Phi) is 6.68. The first-order valence-electron chi connectivity index (χ1n) is 7.20. The van der Waals surface area contributed by atoms with E-state index in [2.05, 4.69) is 13.8 Å². The van der Waals surface area contributed by atoms with Gasteiger partial charge in [0.25, 0.3) is 5.91 Å². The number of hydrogen-bond acceptors (Lipinski definition) is 3. The van der Waals surface area contributed by atoms with Crippen molar-refractivity contribution in [3.63, 3.8) is 0 Å². The molecule has 0 aliphatic carbocycles. The van der Waals surface area contributed by atoms with Crippen molar-refractivity contribution in [3.8, 4) is 0 Å². The van der Waals surface area contributed by atoms with Crippen LogP contribution in [0.3, 0.4) is 0 Å². The second-order valence-electron chi connectivity index (χ2n) is 5.24. The number of likely N-dealkylation sites (tertiary alicyclic amines) is 1. The molecule has 1 atom stereocenters. The molecule has 2 rings (SSSR count). The minimum Gasteiger partial charge on any atom is -0.481 e. The number of halogens is 1. The molecule has 1 N–H and O–H groups in total. The van der Waals surface area contributed by atoms with Gasteiger partial charge < -0.3 is 10.0 Å². The molecule has 4 nitrogen and oxygen atoms in total. The lowest BCUT2D eigenvalue weighted by atomic mass is 10.1. The van der Waals surface area contributed by atoms with Gasteiger partial charge in [0.05, 0.1) is 10.8 Å². The fourth-order valence-electron chi connectivity index (χ4n) is 2.61. The summed E-state index contributed by atoms with van der Waals surface area (Å²) in [6.07, 6.45) is 3.59. The maximum absolute atomic E-state index is 12.4. The zero-order chi connectivity index (χ0) is 14.7. The largest absolute Gasteiger partial charge is 0.481 e. The fraction of sp³-hybridized carbons (Fsp3) is 0.600. The summed E-state index contributed by atoms with van der Waals surface area (Å²) in [6.45, 7) is 5.14. The fourth-order valence-corrected chi connectivity index (χ4v) is 3.94. The molecule has 1 unspecified atom stereocenters. The summed E-state index contributed by atoms with van der Waals surface area (Å²) in [5, 5.41) is 9.00. The number of carbonyl (C=O) groups excluding carboxylic acids is 1. The van der Waals surface area contributed by atoms with E-state index in [1.807, 2.05) is 6.07 Å². The summed E-state index contributed by atoms with van der Waals surface area (Å²) in [5.74, 6) is -1.21. The van der Waals surface area contributed by atoms with Crippen LogP contribution in [-0.2, 0) is 17.6 Å². The van der Waals surface area contributed by atoms with Crippen LogP contribution in [0.2, 0.25) is 0 Å². The Hall–Kier alpha value is -1.07. The number of nitrogens with zero attached hydrogens (tertiary/aromatic N) is 1. The van der Waals surface area contributed by atoms with Gasteiger partial charge >= 0.3 is 5.97 Å². The average Bonchev–Trinajstić information content (AvgIpc) is 3.05. The minimum atomic E-state index is -0.799. The number of thiophene rings is 1. The third-order valence-corrected chi connectivity index (χ3v) is 5.02. The van der Waals surface area contributed by atoms with Gasteiger partial charge in [0.1, 0.15) is 0 Å². The van der Waals surface area contributed by atoms with Gasteiger partial charge in [-0.3, -0.25) is 9.59 Å². The van der Waals surface area contributed by atoms with Crippen molar-refractivity contribution in [1.82, 2.24) is 4.90 Å². The standard InChI is InChI=1S/C15H21NO3S.ClH/c1-3-5-12-10(4-2)8-13(20-12)14(17)16-7-6-11(9-16)15(18)19;/h8,11H,3-7,9H2,1-2H3,(H,18,19);1H. The maximum Gasteiger partial charge on any atom is 0.308 e. The van der Waals surface area contributed by atoms with Gasteiger partial charge in [-0.25, -0.2) is 0 Å². The highest BCUT2D eigenvalue weighted by Crippen LogP contribution is 2.27. The lowest BCUT2D eigenvalue weighted by molar-refractivity contribution is -0.141. The molecule has 0 saturated carbocycles. The predicted molar refractivity (Wildman–Crippen MR) is 86.6 cm³/mol. The normalized spacial score (nSPS) is 17.6. The van der Waals surface area contributed by atoms with Crippen LogP contribution in [-0.4, -0.2) is 35.0 Å². The number of carboxylic acids is 1. The van der Waals surface area contributed by atoms with Crippen LogP contribution in [0.4, 0.5) is 0 Å². The van der Waals surface area contributed by atoms with Gasteiger partial charge in [-0.05, 0) is 30.9 Å². The smallest absolute Gasteiger partial charge is 0.308 e. The molecular formula is C15H22ClNO3S. The molecule has 0 spiro atoms. The summed E-state index contributed by atoms with van der Waals surface area (Å²) in [7, 11) is 0. The number of aryl methyl sites for hydroxylation is 2. The Morgan fingerprint density at radius 2 is 2.14 bits per heavy atom. The lowest BCUT2D eigenvalue weighted by Crippen LogP contribution is -2.29. The second kappa shape index (κ2) is 7.80. The van der Waals surface area contributed by atoms with Crippen LogP contribution in [0.1, 0.15) is 46.8 Å². The molecule has 2 heterocycles. The van der Waals surface area contributed by atoms with Crippen LogP contribution in [0, 0.1) is 5.92 Å². The van der Waals surface area contributed by atoms with Crippen LogP contribution in [0.5, 0.6) is 0 Å². The van der Waals surface area contributed by atoms with Crippen LogP contribution in [0.25, 0.3) is 0 Å².